The first kappa shape index (κ1) is 25.8. The lowest BCUT2D eigenvalue weighted by molar-refractivity contribution is -0.108. The maximum Gasteiger partial charge on any atom is 0.289 e. The van der Waals surface area contributed by atoms with Crippen LogP contribution >= 0.6 is 11.8 Å². The summed E-state index contributed by atoms with van der Waals surface area (Å²) in [7, 11) is -3.59. The molecule has 0 unspecified atom stereocenters. The van der Waals surface area contributed by atoms with E-state index in [1.807, 2.05) is 30.3 Å². The minimum atomic E-state index is -3.59. The van der Waals surface area contributed by atoms with Crippen LogP contribution in [-0.2, 0) is 14.8 Å². The fourth-order valence-electron chi connectivity index (χ4n) is 4.04. The molecule has 0 atom stereocenters. The molecule has 1 saturated heterocycles. The van der Waals surface area contributed by atoms with Gasteiger partial charge in [0.05, 0.1) is 10.6 Å². The molecule has 3 aromatic rings. The van der Waals surface area contributed by atoms with Crippen molar-refractivity contribution in [2.45, 2.75) is 24.7 Å². The Labute approximate surface area is 214 Å². The second-order valence-electron chi connectivity index (χ2n) is 8.48. The quantitative estimate of drug-likeness (QED) is 0.426. The van der Waals surface area contributed by atoms with E-state index in [1.165, 1.54) is 0 Å². The van der Waals surface area contributed by atoms with E-state index in [4.69, 9.17) is 0 Å². The highest BCUT2D eigenvalue weighted by molar-refractivity contribution is 8.17. The molecule has 0 aliphatic carbocycles. The second kappa shape index (κ2) is 11.6. The van der Waals surface area contributed by atoms with Crippen LogP contribution in [0.15, 0.2) is 64.5 Å². The summed E-state index contributed by atoms with van der Waals surface area (Å²) in [6.07, 6.45) is 5.40. The molecule has 4 rings (SSSR count). The van der Waals surface area contributed by atoms with Crippen molar-refractivity contribution in [2.75, 3.05) is 24.5 Å². The highest BCUT2D eigenvalue weighted by Gasteiger charge is 2.23. The van der Waals surface area contributed by atoms with Crippen molar-refractivity contribution in [3.63, 3.8) is 0 Å². The van der Waals surface area contributed by atoms with Gasteiger partial charge in [-0.1, -0.05) is 30.3 Å². The number of carbonyl (C=O) groups is 2. The van der Waals surface area contributed by atoms with E-state index in [1.54, 1.807) is 37.4 Å². The molecule has 2 aromatic carbocycles. The number of aromatic nitrogens is 2. The van der Waals surface area contributed by atoms with Crippen molar-refractivity contribution in [3.8, 4) is 0 Å². The molecule has 0 spiro atoms. The molecule has 1 fully saturated rings. The van der Waals surface area contributed by atoms with Gasteiger partial charge in [-0.15, -0.1) is 0 Å². The van der Waals surface area contributed by atoms with Crippen LogP contribution in [0.1, 0.15) is 25.5 Å². The van der Waals surface area contributed by atoms with Crippen LogP contribution in [-0.4, -0.2) is 49.7 Å². The third-order valence-electron chi connectivity index (χ3n) is 5.94. The summed E-state index contributed by atoms with van der Waals surface area (Å²) >= 11 is 0.917. The van der Waals surface area contributed by atoms with Gasteiger partial charge in [0.1, 0.15) is 0 Å². The molecule has 188 valence electrons. The molecule has 2 amide bonds. The Morgan fingerprint density at radius 1 is 1.14 bits per heavy atom. The molecule has 2 heterocycles. The number of fused-ring (bicyclic) bond motifs is 1. The highest BCUT2D eigenvalue weighted by atomic mass is 32.2. The van der Waals surface area contributed by atoms with Crippen molar-refractivity contribution < 1.29 is 18.0 Å². The van der Waals surface area contributed by atoms with Gasteiger partial charge < -0.3 is 4.90 Å². The van der Waals surface area contributed by atoms with Gasteiger partial charge >= 0.3 is 0 Å². The summed E-state index contributed by atoms with van der Waals surface area (Å²) in [4.78, 5) is 33.9. The van der Waals surface area contributed by atoms with Gasteiger partial charge in [-0.05, 0) is 77.4 Å². The fraction of sp³-hybridized carbons (Fsp3) is 0.280. The number of thioether (sulfide) groups is 1. The van der Waals surface area contributed by atoms with E-state index in [9.17, 15) is 18.0 Å². The van der Waals surface area contributed by atoms with Crippen molar-refractivity contribution in [3.05, 3.63) is 65.3 Å². The van der Waals surface area contributed by atoms with Crippen LogP contribution in [0.2, 0.25) is 0 Å². The van der Waals surface area contributed by atoms with E-state index >= 15 is 0 Å². The Morgan fingerprint density at radius 3 is 2.64 bits per heavy atom. The highest BCUT2D eigenvalue weighted by Crippen LogP contribution is 2.23. The van der Waals surface area contributed by atoms with Crippen molar-refractivity contribution in [1.29, 1.82) is 0 Å². The minimum Gasteiger partial charge on any atom is -0.341 e. The molecule has 1 aromatic heterocycles. The minimum absolute atomic E-state index is 0.217. The summed E-state index contributed by atoms with van der Waals surface area (Å²) in [6.45, 7) is 3.57. The number of sulfonamides is 1. The lowest BCUT2D eigenvalue weighted by atomic mass is 9.97. The molecule has 1 aliphatic heterocycles. The van der Waals surface area contributed by atoms with Crippen molar-refractivity contribution in [1.82, 2.24) is 20.0 Å². The SMILES string of the molecule is C/C(=C/c1ccnc(N2CCC(CNS(=O)(=O)c3ccc4ccccc4c3)CC2)n1)SC(=O)NC=O. The van der Waals surface area contributed by atoms with Crippen LogP contribution in [0.25, 0.3) is 16.8 Å². The molecule has 11 heteroatoms. The summed E-state index contributed by atoms with van der Waals surface area (Å²) in [5.41, 5.74) is 0.661. The number of nitrogens with one attached hydrogen (secondary N) is 2. The van der Waals surface area contributed by atoms with Gasteiger partial charge in [-0.25, -0.2) is 23.1 Å². The molecule has 1 aliphatic rings. The summed E-state index contributed by atoms with van der Waals surface area (Å²) in [6, 6.07) is 14.6. The molecule has 0 radical (unpaired) electrons. The van der Waals surface area contributed by atoms with Crippen LogP contribution in [0.5, 0.6) is 0 Å². The third-order valence-corrected chi connectivity index (χ3v) is 8.10. The van der Waals surface area contributed by atoms with E-state index < -0.39 is 15.3 Å². The molecule has 36 heavy (non-hydrogen) atoms. The number of allylic oxidation sites excluding steroid dienone is 1. The van der Waals surface area contributed by atoms with Gasteiger partial charge in [0.2, 0.25) is 22.4 Å². The van der Waals surface area contributed by atoms with Gasteiger partial charge in [0, 0.05) is 25.8 Å². The van der Waals surface area contributed by atoms with E-state index in [-0.39, 0.29) is 10.8 Å². The Hall–Kier alpha value is -3.28. The first-order valence-corrected chi connectivity index (χ1v) is 13.8. The summed E-state index contributed by atoms with van der Waals surface area (Å²) in [5.74, 6) is 0.809. The number of hydrogen-bond acceptors (Lipinski definition) is 8. The van der Waals surface area contributed by atoms with E-state index in [0.29, 0.717) is 42.6 Å². The largest absolute Gasteiger partial charge is 0.341 e. The molecular formula is C25H27N5O4S2. The lowest BCUT2D eigenvalue weighted by Crippen LogP contribution is -2.39. The predicted octanol–water partition coefficient (Wildman–Crippen LogP) is 3.78. The average Bonchev–Trinajstić information content (AvgIpc) is 2.87. The average molecular weight is 526 g/mol. The molecule has 2 N–H and O–H groups in total. The Bertz CT molecular complexity index is 1390. The summed E-state index contributed by atoms with van der Waals surface area (Å²) < 4.78 is 28.5. The zero-order chi connectivity index (χ0) is 25.5. The van der Waals surface area contributed by atoms with E-state index in [2.05, 4.69) is 24.9 Å². The Balaban J connectivity index is 1.32. The van der Waals surface area contributed by atoms with Crippen molar-refractivity contribution in [2.24, 2.45) is 5.92 Å². The number of nitrogens with zero attached hydrogens (tertiary/aromatic N) is 3. The standard InChI is InChI=1S/C25H27N5O4S2/c1-18(35-25(32)27-17-31)14-22-8-11-26-24(29-22)30-12-9-19(10-13-30)16-28-36(33,34)23-7-6-20-4-2-3-5-21(20)15-23/h2-8,11,14-15,17,19,28H,9-10,12-13,16H2,1H3,(H,27,31,32)/b18-14-. The molecule has 0 bridgehead atoms. The lowest BCUT2D eigenvalue weighted by Gasteiger charge is -2.32. The zero-order valence-electron chi connectivity index (χ0n) is 19.8. The van der Waals surface area contributed by atoms with Gasteiger partial charge in [-0.2, -0.15) is 0 Å². The van der Waals surface area contributed by atoms with Gasteiger partial charge in [-0.3, -0.25) is 14.9 Å². The monoisotopic (exact) mass is 525 g/mol. The van der Waals surface area contributed by atoms with Crippen LogP contribution in [0, 0.1) is 5.92 Å². The molecule has 0 saturated carbocycles. The molecule has 9 nitrogen and oxygen atoms in total. The number of piperidine rings is 1. The van der Waals surface area contributed by atoms with Gasteiger partial charge in [0.15, 0.2) is 0 Å². The Morgan fingerprint density at radius 2 is 1.89 bits per heavy atom. The number of carbonyl (C=O) groups excluding carboxylic acids is 2. The third kappa shape index (κ3) is 6.68. The fourth-order valence-corrected chi connectivity index (χ4v) is 5.77. The normalized spacial score (nSPS) is 15.1. The predicted molar refractivity (Wildman–Crippen MR) is 142 cm³/mol. The number of amides is 2. The van der Waals surface area contributed by atoms with Gasteiger partial charge in [0.25, 0.3) is 5.24 Å². The number of anilines is 1. The maximum atomic E-state index is 12.8. The number of hydrogen-bond donors (Lipinski definition) is 2. The van der Waals surface area contributed by atoms with E-state index in [0.717, 1.165) is 35.4 Å². The topological polar surface area (TPSA) is 121 Å². The number of rotatable bonds is 8. The number of benzene rings is 2. The summed E-state index contributed by atoms with van der Waals surface area (Å²) in [5, 5.41) is 3.53. The first-order chi connectivity index (χ1) is 17.3. The zero-order valence-corrected chi connectivity index (χ0v) is 21.4. The second-order valence-corrected chi connectivity index (χ2v) is 11.5. The Kier molecular flexibility index (Phi) is 8.34. The first-order valence-electron chi connectivity index (χ1n) is 11.5. The van der Waals surface area contributed by atoms with Crippen LogP contribution in [0.4, 0.5) is 10.7 Å². The van der Waals surface area contributed by atoms with Crippen LogP contribution in [0.3, 0.4) is 0 Å². The van der Waals surface area contributed by atoms with Crippen molar-refractivity contribution >= 4 is 56.2 Å². The van der Waals surface area contributed by atoms with Crippen LogP contribution < -0.4 is 14.9 Å². The number of imide groups is 1. The smallest absolute Gasteiger partial charge is 0.289 e. The maximum absolute atomic E-state index is 12.8. The molecular weight excluding hydrogens is 498 g/mol.